The van der Waals surface area contributed by atoms with Crippen molar-refractivity contribution in [1.82, 2.24) is 4.90 Å². The number of hydrogen-bond acceptors (Lipinski definition) is 4. The molecule has 1 aromatic rings. The summed E-state index contributed by atoms with van der Waals surface area (Å²) in [6.45, 7) is 1.10. The molecule has 2 rings (SSSR count). The van der Waals surface area contributed by atoms with Crippen LogP contribution in [0.1, 0.15) is 12.8 Å². The molecule has 0 aromatic heterocycles. The minimum absolute atomic E-state index is 0.000278. The van der Waals surface area contributed by atoms with Crippen LogP contribution in [0.2, 0.25) is 5.02 Å². The van der Waals surface area contributed by atoms with Crippen molar-refractivity contribution >= 4 is 40.9 Å². The number of nitrogens with zero attached hydrogens (tertiary/aromatic N) is 1. The third kappa shape index (κ3) is 4.28. The van der Waals surface area contributed by atoms with Crippen LogP contribution in [0.5, 0.6) is 0 Å². The van der Waals surface area contributed by atoms with E-state index in [1.807, 2.05) is 0 Å². The SMILES string of the molecule is NC(=O)C1CCCN(C(=O)CSc2ccc(Cl)cc2N)C1. The number of rotatable bonds is 4. The fourth-order valence-electron chi connectivity index (χ4n) is 2.32. The van der Waals surface area contributed by atoms with Gasteiger partial charge in [-0.1, -0.05) is 11.6 Å². The number of benzene rings is 1. The standard InChI is InChI=1S/C14H18ClN3O2S/c15-10-3-4-12(11(16)6-10)21-8-13(19)18-5-1-2-9(7-18)14(17)20/h3-4,6,9H,1-2,5,7-8,16H2,(H2,17,20). The van der Waals surface area contributed by atoms with Crippen LogP contribution >= 0.6 is 23.4 Å². The summed E-state index contributed by atoms with van der Waals surface area (Å²) in [6, 6.07) is 5.21. The molecular formula is C14H18ClN3O2S. The number of halogens is 1. The van der Waals surface area contributed by atoms with Crippen molar-refractivity contribution in [3.63, 3.8) is 0 Å². The zero-order valence-corrected chi connectivity index (χ0v) is 13.1. The highest BCUT2D eigenvalue weighted by Crippen LogP contribution is 2.28. The van der Waals surface area contributed by atoms with E-state index in [2.05, 4.69) is 0 Å². The molecule has 1 saturated heterocycles. The van der Waals surface area contributed by atoms with E-state index in [-0.39, 0.29) is 23.5 Å². The van der Waals surface area contributed by atoms with Gasteiger partial charge in [-0.2, -0.15) is 0 Å². The maximum absolute atomic E-state index is 12.2. The van der Waals surface area contributed by atoms with E-state index in [0.29, 0.717) is 23.8 Å². The molecule has 1 heterocycles. The first-order chi connectivity index (χ1) is 9.97. The van der Waals surface area contributed by atoms with Crippen LogP contribution in [0.25, 0.3) is 0 Å². The molecule has 0 saturated carbocycles. The molecular weight excluding hydrogens is 310 g/mol. The largest absolute Gasteiger partial charge is 0.398 e. The molecule has 114 valence electrons. The van der Waals surface area contributed by atoms with Gasteiger partial charge in [0.25, 0.3) is 0 Å². The summed E-state index contributed by atoms with van der Waals surface area (Å²) in [5, 5.41) is 0.573. The van der Waals surface area contributed by atoms with Crippen molar-refractivity contribution in [2.24, 2.45) is 11.7 Å². The Balaban J connectivity index is 1.90. The van der Waals surface area contributed by atoms with E-state index < -0.39 is 0 Å². The quantitative estimate of drug-likeness (QED) is 0.651. The van der Waals surface area contributed by atoms with Crippen LogP contribution in [-0.2, 0) is 9.59 Å². The number of thioether (sulfide) groups is 1. The second kappa shape index (κ2) is 7.04. The number of hydrogen-bond donors (Lipinski definition) is 2. The Morgan fingerprint density at radius 3 is 2.86 bits per heavy atom. The van der Waals surface area contributed by atoms with Gasteiger partial charge in [0.15, 0.2) is 0 Å². The number of amides is 2. The molecule has 1 fully saturated rings. The fraction of sp³-hybridized carbons (Fsp3) is 0.429. The normalized spacial score (nSPS) is 18.5. The first kappa shape index (κ1) is 16.0. The van der Waals surface area contributed by atoms with Gasteiger partial charge in [0.2, 0.25) is 11.8 Å². The number of likely N-dealkylation sites (tertiary alicyclic amines) is 1. The summed E-state index contributed by atoms with van der Waals surface area (Å²) in [4.78, 5) is 26.0. The number of carbonyl (C=O) groups is 2. The minimum Gasteiger partial charge on any atom is -0.398 e. The summed E-state index contributed by atoms with van der Waals surface area (Å²) in [5.74, 6) is -0.271. The first-order valence-corrected chi connectivity index (χ1v) is 8.08. The number of nitrogens with two attached hydrogens (primary N) is 2. The smallest absolute Gasteiger partial charge is 0.232 e. The topological polar surface area (TPSA) is 89.4 Å². The maximum Gasteiger partial charge on any atom is 0.232 e. The summed E-state index contributed by atoms with van der Waals surface area (Å²) >= 11 is 7.21. The molecule has 4 N–H and O–H groups in total. The zero-order valence-electron chi connectivity index (χ0n) is 11.5. The lowest BCUT2D eigenvalue weighted by Crippen LogP contribution is -2.44. The van der Waals surface area contributed by atoms with Gasteiger partial charge in [0.1, 0.15) is 0 Å². The van der Waals surface area contributed by atoms with Crippen LogP contribution in [0.15, 0.2) is 23.1 Å². The first-order valence-electron chi connectivity index (χ1n) is 6.72. The van der Waals surface area contributed by atoms with Crippen LogP contribution in [0.3, 0.4) is 0 Å². The Bertz CT molecular complexity index is 553. The number of primary amides is 1. The Kier molecular flexibility index (Phi) is 5.36. The molecule has 2 amide bonds. The lowest BCUT2D eigenvalue weighted by atomic mass is 9.97. The fourth-order valence-corrected chi connectivity index (χ4v) is 3.35. The molecule has 1 aliphatic heterocycles. The van der Waals surface area contributed by atoms with Gasteiger partial charge in [-0.15, -0.1) is 11.8 Å². The molecule has 1 atom stereocenters. The minimum atomic E-state index is -0.331. The average molecular weight is 328 g/mol. The molecule has 7 heteroatoms. The molecule has 1 unspecified atom stereocenters. The van der Waals surface area contributed by atoms with Crippen molar-refractivity contribution in [3.8, 4) is 0 Å². The van der Waals surface area contributed by atoms with E-state index in [9.17, 15) is 9.59 Å². The highest BCUT2D eigenvalue weighted by Gasteiger charge is 2.26. The van der Waals surface area contributed by atoms with Crippen LogP contribution in [0, 0.1) is 5.92 Å². The van der Waals surface area contributed by atoms with Crippen molar-refractivity contribution in [3.05, 3.63) is 23.2 Å². The summed E-state index contributed by atoms with van der Waals surface area (Å²) < 4.78 is 0. The van der Waals surface area contributed by atoms with Crippen molar-refractivity contribution in [2.45, 2.75) is 17.7 Å². The van der Waals surface area contributed by atoms with E-state index >= 15 is 0 Å². The van der Waals surface area contributed by atoms with Gasteiger partial charge < -0.3 is 16.4 Å². The molecule has 21 heavy (non-hydrogen) atoms. The average Bonchev–Trinajstić information content (AvgIpc) is 2.46. The summed E-state index contributed by atoms with van der Waals surface area (Å²) in [7, 11) is 0. The molecule has 0 radical (unpaired) electrons. The van der Waals surface area contributed by atoms with Gasteiger partial charge in [-0.25, -0.2) is 0 Å². The predicted octanol–water partition coefficient (Wildman–Crippen LogP) is 1.74. The van der Waals surface area contributed by atoms with Gasteiger partial charge in [-0.05, 0) is 31.0 Å². The van der Waals surface area contributed by atoms with Gasteiger partial charge in [0.05, 0.1) is 11.7 Å². The third-order valence-electron chi connectivity index (χ3n) is 3.50. The van der Waals surface area contributed by atoms with E-state index in [1.165, 1.54) is 11.8 Å². The van der Waals surface area contributed by atoms with Crippen LogP contribution < -0.4 is 11.5 Å². The number of piperidine rings is 1. The summed E-state index contributed by atoms with van der Waals surface area (Å²) in [5.41, 5.74) is 11.7. The van der Waals surface area contributed by atoms with Crippen molar-refractivity contribution in [1.29, 1.82) is 0 Å². The Hall–Kier alpha value is -1.40. The Morgan fingerprint density at radius 2 is 2.19 bits per heavy atom. The Labute approximate surface area is 133 Å². The molecule has 1 aromatic carbocycles. The van der Waals surface area contributed by atoms with E-state index in [0.717, 1.165) is 17.7 Å². The van der Waals surface area contributed by atoms with E-state index in [1.54, 1.807) is 23.1 Å². The molecule has 0 aliphatic carbocycles. The molecule has 5 nitrogen and oxygen atoms in total. The second-order valence-corrected chi connectivity index (χ2v) is 6.51. The van der Waals surface area contributed by atoms with E-state index in [4.69, 9.17) is 23.1 Å². The number of nitrogen functional groups attached to an aromatic ring is 1. The van der Waals surface area contributed by atoms with Gasteiger partial charge in [-0.3, -0.25) is 9.59 Å². The lowest BCUT2D eigenvalue weighted by molar-refractivity contribution is -0.132. The molecule has 0 spiro atoms. The van der Waals surface area contributed by atoms with Gasteiger partial charge in [0, 0.05) is 28.7 Å². The maximum atomic E-state index is 12.2. The third-order valence-corrected chi connectivity index (χ3v) is 4.81. The van der Waals surface area contributed by atoms with Crippen molar-refractivity contribution in [2.75, 3.05) is 24.6 Å². The summed E-state index contributed by atoms with van der Waals surface area (Å²) in [6.07, 6.45) is 1.57. The number of carbonyl (C=O) groups excluding carboxylic acids is 2. The lowest BCUT2D eigenvalue weighted by Gasteiger charge is -2.31. The van der Waals surface area contributed by atoms with Gasteiger partial charge >= 0.3 is 0 Å². The highest BCUT2D eigenvalue weighted by atomic mass is 35.5. The zero-order chi connectivity index (χ0) is 15.4. The molecule has 1 aliphatic rings. The monoisotopic (exact) mass is 327 g/mol. The predicted molar refractivity (Wildman–Crippen MR) is 85.1 cm³/mol. The highest BCUT2D eigenvalue weighted by molar-refractivity contribution is 8.00. The Morgan fingerprint density at radius 1 is 1.43 bits per heavy atom. The van der Waals surface area contributed by atoms with Crippen LogP contribution in [0.4, 0.5) is 5.69 Å². The second-order valence-electron chi connectivity index (χ2n) is 5.05. The number of anilines is 1. The van der Waals surface area contributed by atoms with Crippen molar-refractivity contribution < 1.29 is 9.59 Å². The van der Waals surface area contributed by atoms with Crippen LogP contribution in [-0.4, -0.2) is 35.6 Å². The molecule has 0 bridgehead atoms.